The van der Waals surface area contributed by atoms with Crippen molar-refractivity contribution in [3.05, 3.63) is 34.9 Å². The van der Waals surface area contributed by atoms with Gasteiger partial charge in [-0.2, -0.15) is 0 Å². The highest BCUT2D eigenvalue weighted by molar-refractivity contribution is 7.92. The van der Waals surface area contributed by atoms with E-state index in [9.17, 15) is 13.5 Å². The number of sulfone groups is 1. The van der Waals surface area contributed by atoms with Crippen LogP contribution in [-0.4, -0.2) is 30.6 Å². The molecule has 1 saturated heterocycles. The lowest BCUT2D eigenvalue weighted by molar-refractivity contribution is 0.161. The molecule has 0 aromatic heterocycles. The van der Waals surface area contributed by atoms with Crippen molar-refractivity contribution in [1.29, 1.82) is 0 Å². The smallest absolute Gasteiger partial charge is 0.155 e. The van der Waals surface area contributed by atoms with E-state index in [-0.39, 0.29) is 5.75 Å². The molecule has 0 bridgehead atoms. The molecule has 1 aliphatic rings. The number of rotatable bonds is 3. The Morgan fingerprint density at radius 3 is 2.47 bits per heavy atom. The van der Waals surface area contributed by atoms with Crippen molar-refractivity contribution >= 4 is 9.84 Å². The molecule has 0 aliphatic carbocycles. The zero-order chi connectivity index (χ0) is 14.0. The highest BCUT2D eigenvalue weighted by Crippen LogP contribution is 2.25. The monoisotopic (exact) mass is 282 g/mol. The van der Waals surface area contributed by atoms with Gasteiger partial charge in [0.1, 0.15) is 0 Å². The van der Waals surface area contributed by atoms with Crippen LogP contribution in [0.2, 0.25) is 0 Å². The van der Waals surface area contributed by atoms with Gasteiger partial charge in [0.15, 0.2) is 9.84 Å². The number of aliphatic hydroxyl groups excluding tert-OH is 1. The van der Waals surface area contributed by atoms with Gasteiger partial charge >= 0.3 is 0 Å². The molecule has 0 amide bonds. The standard InChI is InChI=1S/C15H22O3S/c1-11-6-5-7-12(2)13(11)10-14(16)15-8-3-4-9-19(15,17)18/h5-7,14-16H,3-4,8-10H2,1-2H3. The number of benzene rings is 1. The summed E-state index contributed by atoms with van der Waals surface area (Å²) in [5, 5.41) is 9.75. The van der Waals surface area contributed by atoms with Crippen LogP contribution in [0.4, 0.5) is 0 Å². The largest absolute Gasteiger partial charge is 0.391 e. The summed E-state index contributed by atoms with van der Waals surface area (Å²) in [4.78, 5) is 0. The van der Waals surface area contributed by atoms with Crippen LogP contribution in [0.5, 0.6) is 0 Å². The third-order valence-electron chi connectivity index (χ3n) is 4.12. The lowest BCUT2D eigenvalue weighted by Gasteiger charge is -2.27. The molecule has 1 heterocycles. The van der Waals surface area contributed by atoms with Crippen molar-refractivity contribution in [1.82, 2.24) is 0 Å². The first-order valence-electron chi connectivity index (χ1n) is 6.86. The average molecular weight is 282 g/mol. The maximum absolute atomic E-state index is 12.0. The highest BCUT2D eigenvalue weighted by Gasteiger charge is 2.34. The van der Waals surface area contributed by atoms with Crippen molar-refractivity contribution < 1.29 is 13.5 Å². The number of aliphatic hydroxyl groups is 1. The van der Waals surface area contributed by atoms with Gasteiger partial charge in [-0.25, -0.2) is 8.42 Å². The van der Waals surface area contributed by atoms with Crippen molar-refractivity contribution in [2.45, 2.75) is 50.9 Å². The first-order chi connectivity index (χ1) is 8.92. The summed E-state index contributed by atoms with van der Waals surface area (Å²) in [6.07, 6.45) is 1.87. The molecule has 4 heteroatoms. The molecule has 0 spiro atoms. The molecule has 19 heavy (non-hydrogen) atoms. The summed E-state index contributed by atoms with van der Waals surface area (Å²) in [7, 11) is -3.12. The molecule has 1 aromatic rings. The quantitative estimate of drug-likeness (QED) is 0.924. The van der Waals surface area contributed by atoms with Crippen molar-refractivity contribution in [3.8, 4) is 0 Å². The van der Waals surface area contributed by atoms with Gasteiger partial charge in [-0.05, 0) is 43.4 Å². The molecule has 3 nitrogen and oxygen atoms in total. The van der Waals surface area contributed by atoms with Crippen molar-refractivity contribution in [2.75, 3.05) is 5.75 Å². The minimum absolute atomic E-state index is 0.224. The van der Waals surface area contributed by atoms with E-state index in [1.807, 2.05) is 32.0 Å². The predicted molar refractivity (Wildman–Crippen MR) is 77.1 cm³/mol. The SMILES string of the molecule is Cc1cccc(C)c1CC(O)C1CCCCS1(=O)=O. The van der Waals surface area contributed by atoms with Crippen LogP contribution in [0.15, 0.2) is 18.2 Å². The van der Waals surface area contributed by atoms with Crippen molar-refractivity contribution in [2.24, 2.45) is 0 Å². The van der Waals surface area contributed by atoms with E-state index < -0.39 is 21.2 Å². The van der Waals surface area contributed by atoms with E-state index in [0.717, 1.165) is 29.5 Å². The van der Waals surface area contributed by atoms with E-state index in [4.69, 9.17) is 0 Å². The van der Waals surface area contributed by atoms with Crippen LogP contribution >= 0.6 is 0 Å². The molecular formula is C15H22O3S. The Balaban J connectivity index is 2.19. The second-order valence-corrected chi connectivity index (χ2v) is 7.88. The second kappa shape index (κ2) is 5.63. The van der Waals surface area contributed by atoms with Gasteiger partial charge in [0.05, 0.1) is 17.1 Å². The zero-order valence-electron chi connectivity index (χ0n) is 11.6. The molecule has 1 aliphatic heterocycles. The Morgan fingerprint density at radius 2 is 1.89 bits per heavy atom. The number of hydrogen-bond acceptors (Lipinski definition) is 3. The summed E-state index contributed by atoms with van der Waals surface area (Å²) < 4.78 is 24.0. The Labute approximate surface area is 115 Å². The normalized spacial score (nSPS) is 24.1. The Morgan fingerprint density at radius 1 is 1.26 bits per heavy atom. The highest BCUT2D eigenvalue weighted by atomic mass is 32.2. The summed E-state index contributed by atoms with van der Waals surface area (Å²) >= 11 is 0. The van der Waals surface area contributed by atoms with Gasteiger partial charge in [0, 0.05) is 6.42 Å². The molecule has 106 valence electrons. The summed E-state index contributed by atoms with van der Waals surface area (Å²) in [6, 6.07) is 5.99. The van der Waals surface area contributed by atoms with Gasteiger partial charge in [0.2, 0.25) is 0 Å². The lowest BCUT2D eigenvalue weighted by atomic mass is 9.95. The topological polar surface area (TPSA) is 54.4 Å². The Hall–Kier alpha value is -0.870. The van der Waals surface area contributed by atoms with Gasteiger partial charge in [-0.15, -0.1) is 0 Å². The van der Waals surface area contributed by atoms with E-state index >= 15 is 0 Å². The van der Waals surface area contributed by atoms with Crippen LogP contribution in [0.1, 0.15) is 36.0 Å². The van der Waals surface area contributed by atoms with Gasteiger partial charge in [-0.1, -0.05) is 24.6 Å². The Kier molecular flexibility index (Phi) is 4.31. The lowest BCUT2D eigenvalue weighted by Crippen LogP contribution is -2.39. The summed E-state index contributed by atoms with van der Waals surface area (Å²) in [5.74, 6) is 0.224. The van der Waals surface area contributed by atoms with E-state index in [0.29, 0.717) is 12.8 Å². The molecule has 0 radical (unpaired) electrons. The molecule has 1 fully saturated rings. The third kappa shape index (κ3) is 3.18. The van der Waals surface area contributed by atoms with Crippen molar-refractivity contribution in [3.63, 3.8) is 0 Å². The third-order valence-corrected chi connectivity index (χ3v) is 6.45. The first-order valence-corrected chi connectivity index (χ1v) is 8.58. The minimum Gasteiger partial charge on any atom is -0.391 e. The molecule has 1 aromatic carbocycles. The van der Waals surface area contributed by atoms with Gasteiger partial charge in [0.25, 0.3) is 0 Å². The number of hydrogen-bond donors (Lipinski definition) is 1. The minimum atomic E-state index is -3.12. The van der Waals surface area contributed by atoms with Crippen LogP contribution in [0, 0.1) is 13.8 Å². The second-order valence-electron chi connectivity index (χ2n) is 5.54. The molecule has 0 saturated carbocycles. The van der Waals surface area contributed by atoms with Crippen LogP contribution in [-0.2, 0) is 16.3 Å². The molecular weight excluding hydrogens is 260 g/mol. The molecule has 2 unspecified atom stereocenters. The molecule has 2 atom stereocenters. The number of aryl methyl sites for hydroxylation is 2. The van der Waals surface area contributed by atoms with Crippen LogP contribution in [0.25, 0.3) is 0 Å². The van der Waals surface area contributed by atoms with Crippen LogP contribution < -0.4 is 0 Å². The van der Waals surface area contributed by atoms with Crippen LogP contribution in [0.3, 0.4) is 0 Å². The molecule has 2 rings (SSSR count). The zero-order valence-corrected chi connectivity index (χ0v) is 12.4. The fraction of sp³-hybridized carbons (Fsp3) is 0.600. The molecule has 1 N–H and O–H groups in total. The fourth-order valence-electron chi connectivity index (χ4n) is 2.92. The fourth-order valence-corrected chi connectivity index (χ4v) is 4.93. The summed E-state index contributed by atoms with van der Waals surface area (Å²) in [5.41, 5.74) is 3.32. The average Bonchev–Trinajstić information content (AvgIpc) is 2.33. The van der Waals surface area contributed by atoms with E-state index in [1.165, 1.54) is 0 Å². The predicted octanol–water partition coefficient (Wildman–Crippen LogP) is 2.17. The maximum atomic E-state index is 12.0. The first kappa shape index (κ1) is 14.5. The van der Waals surface area contributed by atoms with Gasteiger partial charge in [-0.3, -0.25) is 0 Å². The Bertz CT molecular complexity index is 528. The summed E-state index contributed by atoms with van der Waals surface area (Å²) in [6.45, 7) is 4.01. The van der Waals surface area contributed by atoms with E-state index in [2.05, 4.69) is 0 Å². The van der Waals surface area contributed by atoms with Gasteiger partial charge < -0.3 is 5.11 Å². The maximum Gasteiger partial charge on any atom is 0.155 e. The van der Waals surface area contributed by atoms with E-state index in [1.54, 1.807) is 0 Å².